The molecule has 0 aliphatic rings. The minimum absolute atomic E-state index is 0.0706. The second kappa shape index (κ2) is 5.64. The normalized spacial score (nSPS) is 12.2. The Bertz CT molecular complexity index is 504. The van der Waals surface area contributed by atoms with Gasteiger partial charge >= 0.3 is 0 Å². The van der Waals surface area contributed by atoms with Crippen LogP contribution in [-0.2, 0) is 0 Å². The lowest BCUT2D eigenvalue weighted by Crippen LogP contribution is -2.09. The molecule has 0 spiro atoms. The maximum atomic E-state index is 6.16. The maximum Gasteiger partial charge on any atom is 0.0806 e. The molecule has 1 heterocycles. The Hall–Kier alpha value is -0.880. The average Bonchev–Trinajstić information content (AvgIpc) is 2.34. The van der Waals surface area contributed by atoms with Crippen molar-refractivity contribution < 1.29 is 0 Å². The Morgan fingerprint density at radius 2 is 2.18 bits per heavy atom. The fourth-order valence-electron chi connectivity index (χ4n) is 1.45. The van der Waals surface area contributed by atoms with Crippen molar-refractivity contribution in [3.05, 3.63) is 51.1 Å². The quantitative estimate of drug-likeness (QED) is 0.845. The standard InChI is InChI=1S/C12H11ClIN3/c1-8(12-7-15-4-5-16-12)17-11-3-2-9(14)6-10(11)13/h2-8,17H,1H3. The third-order valence-corrected chi connectivity index (χ3v) is 3.31. The van der Waals surface area contributed by atoms with E-state index in [4.69, 9.17) is 11.6 Å². The molecule has 1 aromatic heterocycles. The molecule has 0 aliphatic carbocycles. The summed E-state index contributed by atoms with van der Waals surface area (Å²) < 4.78 is 1.12. The predicted molar refractivity (Wildman–Crippen MR) is 78.2 cm³/mol. The maximum absolute atomic E-state index is 6.16. The van der Waals surface area contributed by atoms with Crippen LogP contribution < -0.4 is 5.32 Å². The van der Waals surface area contributed by atoms with Crippen molar-refractivity contribution in [3.8, 4) is 0 Å². The van der Waals surface area contributed by atoms with Crippen LogP contribution in [0, 0.1) is 3.57 Å². The molecule has 88 valence electrons. The van der Waals surface area contributed by atoms with Crippen LogP contribution >= 0.6 is 34.2 Å². The van der Waals surface area contributed by atoms with Crippen molar-refractivity contribution >= 4 is 39.9 Å². The van der Waals surface area contributed by atoms with Crippen molar-refractivity contribution in [3.63, 3.8) is 0 Å². The van der Waals surface area contributed by atoms with Crippen molar-refractivity contribution in [2.75, 3.05) is 5.32 Å². The van der Waals surface area contributed by atoms with Gasteiger partial charge in [-0.2, -0.15) is 0 Å². The average molecular weight is 360 g/mol. The van der Waals surface area contributed by atoms with Gasteiger partial charge in [0.15, 0.2) is 0 Å². The third-order valence-electron chi connectivity index (χ3n) is 2.33. The summed E-state index contributed by atoms with van der Waals surface area (Å²) >= 11 is 8.39. The van der Waals surface area contributed by atoms with E-state index in [1.807, 2.05) is 25.1 Å². The smallest absolute Gasteiger partial charge is 0.0806 e. The molecular formula is C12H11ClIN3. The highest BCUT2D eigenvalue weighted by Crippen LogP contribution is 2.26. The van der Waals surface area contributed by atoms with Crippen LogP contribution in [0.1, 0.15) is 18.7 Å². The lowest BCUT2D eigenvalue weighted by molar-refractivity contribution is 0.827. The van der Waals surface area contributed by atoms with Crippen LogP contribution in [-0.4, -0.2) is 9.97 Å². The van der Waals surface area contributed by atoms with Gasteiger partial charge in [0.2, 0.25) is 0 Å². The first-order valence-corrected chi connectivity index (χ1v) is 6.60. The summed E-state index contributed by atoms with van der Waals surface area (Å²) in [4.78, 5) is 8.30. The van der Waals surface area contributed by atoms with E-state index in [9.17, 15) is 0 Å². The first-order chi connectivity index (χ1) is 8.16. The van der Waals surface area contributed by atoms with E-state index in [1.54, 1.807) is 18.6 Å². The van der Waals surface area contributed by atoms with E-state index in [1.165, 1.54) is 0 Å². The van der Waals surface area contributed by atoms with E-state index in [0.717, 1.165) is 15.0 Å². The lowest BCUT2D eigenvalue weighted by atomic mass is 10.2. The number of anilines is 1. The minimum Gasteiger partial charge on any atom is -0.376 e. The molecule has 0 saturated heterocycles. The second-order valence-corrected chi connectivity index (χ2v) is 5.27. The fourth-order valence-corrected chi connectivity index (χ4v) is 2.36. The molecule has 0 bridgehead atoms. The zero-order valence-electron chi connectivity index (χ0n) is 9.19. The highest BCUT2D eigenvalue weighted by molar-refractivity contribution is 14.1. The summed E-state index contributed by atoms with van der Waals surface area (Å²) in [6, 6.07) is 5.98. The van der Waals surface area contributed by atoms with E-state index >= 15 is 0 Å². The van der Waals surface area contributed by atoms with E-state index in [2.05, 4.69) is 37.9 Å². The largest absolute Gasteiger partial charge is 0.376 e. The van der Waals surface area contributed by atoms with Gasteiger partial charge in [0.05, 0.1) is 28.6 Å². The minimum atomic E-state index is 0.0706. The molecule has 1 N–H and O–H groups in total. The number of nitrogens with one attached hydrogen (secondary N) is 1. The number of aromatic nitrogens is 2. The van der Waals surface area contributed by atoms with E-state index in [0.29, 0.717) is 5.02 Å². The first kappa shape index (κ1) is 12.6. The van der Waals surface area contributed by atoms with E-state index in [-0.39, 0.29) is 6.04 Å². The fraction of sp³-hybridized carbons (Fsp3) is 0.167. The molecule has 1 aromatic carbocycles. The number of hydrogen-bond acceptors (Lipinski definition) is 3. The summed E-state index contributed by atoms with van der Waals surface area (Å²) in [7, 11) is 0. The van der Waals surface area contributed by atoms with Gasteiger partial charge in [-0.05, 0) is 47.7 Å². The molecule has 17 heavy (non-hydrogen) atoms. The third kappa shape index (κ3) is 3.29. The van der Waals surface area contributed by atoms with Crippen LogP contribution in [0.3, 0.4) is 0 Å². The topological polar surface area (TPSA) is 37.8 Å². The van der Waals surface area contributed by atoms with Crippen LogP contribution in [0.4, 0.5) is 5.69 Å². The van der Waals surface area contributed by atoms with Crippen LogP contribution in [0.2, 0.25) is 5.02 Å². The molecule has 2 aromatic rings. The summed E-state index contributed by atoms with van der Waals surface area (Å²) in [5, 5.41) is 4.03. The Labute approximate surface area is 119 Å². The Balaban J connectivity index is 2.16. The molecule has 3 nitrogen and oxygen atoms in total. The van der Waals surface area contributed by atoms with Gasteiger partial charge in [-0.3, -0.25) is 9.97 Å². The van der Waals surface area contributed by atoms with Crippen molar-refractivity contribution in [2.24, 2.45) is 0 Å². The first-order valence-electron chi connectivity index (χ1n) is 5.14. The monoisotopic (exact) mass is 359 g/mol. The SMILES string of the molecule is CC(Nc1ccc(I)cc1Cl)c1cnccn1. The van der Waals surface area contributed by atoms with Gasteiger partial charge in [0.25, 0.3) is 0 Å². The van der Waals surface area contributed by atoms with Gasteiger partial charge < -0.3 is 5.32 Å². The summed E-state index contributed by atoms with van der Waals surface area (Å²) in [6.07, 6.45) is 5.09. The molecule has 1 atom stereocenters. The number of hydrogen-bond donors (Lipinski definition) is 1. The molecule has 1 unspecified atom stereocenters. The lowest BCUT2D eigenvalue weighted by Gasteiger charge is -2.15. The van der Waals surface area contributed by atoms with Crippen molar-refractivity contribution in [1.82, 2.24) is 9.97 Å². The van der Waals surface area contributed by atoms with Gasteiger partial charge in [0.1, 0.15) is 0 Å². The number of halogens is 2. The van der Waals surface area contributed by atoms with Crippen LogP contribution in [0.15, 0.2) is 36.8 Å². The Morgan fingerprint density at radius 1 is 1.35 bits per heavy atom. The zero-order chi connectivity index (χ0) is 12.3. The molecule has 5 heteroatoms. The van der Waals surface area contributed by atoms with Gasteiger partial charge in [0, 0.05) is 16.0 Å². The summed E-state index contributed by atoms with van der Waals surface area (Å²) in [5.74, 6) is 0. The molecule has 0 fully saturated rings. The molecule has 0 aliphatic heterocycles. The molecule has 2 rings (SSSR count). The number of nitrogens with zero attached hydrogens (tertiary/aromatic N) is 2. The van der Waals surface area contributed by atoms with Crippen LogP contribution in [0.25, 0.3) is 0 Å². The summed E-state index contributed by atoms with van der Waals surface area (Å²) in [5.41, 5.74) is 1.80. The van der Waals surface area contributed by atoms with Gasteiger partial charge in [-0.1, -0.05) is 11.6 Å². The zero-order valence-corrected chi connectivity index (χ0v) is 12.1. The molecule has 0 radical (unpaired) electrons. The number of benzene rings is 1. The second-order valence-electron chi connectivity index (χ2n) is 3.62. The molecular weight excluding hydrogens is 349 g/mol. The predicted octanol–water partition coefficient (Wildman–Crippen LogP) is 3.91. The molecule has 0 saturated carbocycles. The van der Waals surface area contributed by atoms with Crippen molar-refractivity contribution in [1.29, 1.82) is 0 Å². The van der Waals surface area contributed by atoms with Gasteiger partial charge in [-0.25, -0.2) is 0 Å². The van der Waals surface area contributed by atoms with Crippen LogP contribution in [0.5, 0.6) is 0 Å². The Morgan fingerprint density at radius 3 is 2.82 bits per heavy atom. The molecule has 0 amide bonds. The Kier molecular flexibility index (Phi) is 4.17. The summed E-state index contributed by atoms with van der Waals surface area (Å²) in [6.45, 7) is 2.03. The number of rotatable bonds is 3. The highest BCUT2D eigenvalue weighted by atomic mass is 127. The van der Waals surface area contributed by atoms with Gasteiger partial charge in [-0.15, -0.1) is 0 Å². The van der Waals surface area contributed by atoms with Crippen molar-refractivity contribution in [2.45, 2.75) is 13.0 Å². The van der Waals surface area contributed by atoms with E-state index < -0.39 is 0 Å². The highest BCUT2D eigenvalue weighted by Gasteiger charge is 2.08.